The predicted molar refractivity (Wildman–Crippen MR) is 128 cm³/mol. The highest BCUT2D eigenvalue weighted by Crippen LogP contribution is 2.36. The van der Waals surface area contributed by atoms with Crippen molar-refractivity contribution >= 4 is 46.1 Å². The summed E-state index contributed by atoms with van der Waals surface area (Å²) in [6, 6.07) is 2.05. The van der Waals surface area contributed by atoms with Gasteiger partial charge in [0, 0.05) is 46.0 Å². The first-order valence-electron chi connectivity index (χ1n) is 10.4. The van der Waals surface area contributed by atoms with Crippen LogP contribution < -0.4 is 10.5 Å². The van der Waals surface area contributed by atoms with Crippen LogP contribution in [0.2, 0.25) is 0 Å². The minimum Gasteiger partial charge on any atom is -0.385 e. The first-order valence-corrected chi connectivity index (χ1v) is 11.7. The fraction of sp³-hybridized carbons (Fsp3) is 0.545. The van der Waals surface area contributed by atoms with Crippen LogP contribution in [-0.4, -0.2) is 53.0 Å². The van der Waals surface area contributed by atoms with Crippen LogP contribution in [0.4, 0.5) is 5.82 Å². The molecule has 1 unspecified atom stereocenters. The van der Waals surface area contributed by atoms with Gasteiger partial charge in [-0.05, 0) is 43.7 Å². The van der Waals surface area contributed by atoms with Gasteiger partial charge < -0.3 is 9.64 Å². The van der Waals surface area contributed by atoms with Gasteiger partial charge in [-0.25, -0.2) is 0 Å². The summed E-state index contributed by atoms with van der Waals surface area (Å²) >= 11 is 6.69. The number of pyridine rings is 1. The first kappa shape index (κ1) is 23.5. The van der Waals surface area contributed by atoms with E-state index in [1.807, 2.05) is 6.07 Å². The predicted octanol–water partition coefficient (Wildman–Crippen LogP) is 3.04. The van der Waals surface area contributed by atoms with Crippen LogP contribution in [0.15, 0.2) is 9.70 Å². The molecule has 3 rings (SSSR count). The minimum atomic E-state index is -0.308. The molecule has 9 heteroatoms. The number of amides is 1. The summed E-state index contributed by atoms with van der Waals surface area (Å²) in [4.78, 5) is 30.2. The van der Waals surface area contributed by atoms with E-state index >= 15 is 0 Å². The van der Waals surface area contributed by atoms with E-state index in [-0.39, 0.29) is 17.0 Å². The van der Waals surface area contributed by atoms with E-state index in [9.17, 15) is 14.9 Å². The molecule has 2 fully saturated rings. The number of nitriles is 1. The second-order valence-corrected chi connectivity index (χ2v) is 9.76. The summed E-state index contributed by atoms with van der Waals surface area (Å²) in [5.74, 6) is 1.13. The molecule has 0 aromatic carbocycles. The van der Waals surface area contributed by atoms with E-state index in [1.165, 1.54) is 11.8 Å². The number of methoxy groups -OCH3 is 1. The van der Waals surface area contributed by atoms with Crippen LogP contribution in [0.25, 0.3) is 6.08 Å². The van der Waals surface area contributed by atoms with Crippen molar-refractivity contribution < 1.29 is 9.53 Å². The van der Waals surface area contributed by atoms with E-state index in [1.54, 1.807) is 36.6 Å². The number of hydrogen-bond acceptors (Lipinski definition) is 7. The molecular weight excluding hydrogens is 432 g/mol. The zero-order valence-corrected chi connectivity index (χ0v) is 20.1. The highest BCUT2D eigenvalue weighted by atomic mass is 32.2. The van der Waals surface area contributed by atoms with Crippen molar-refractivity contribution in [1.29, 1.82) is 5.26 Å². The van der Waals surface area contributed by atoms with Gasteiger partial charge in [-0.1, -0.05) is 30.9 Å². The number of rotatable bonds is 6. The van der Waals surface area contributed by atoms with Gasteiger partial charge in [0.25, 0.3) is 11.5 Å². The second-order valence-electron chi connectivity index (χ2n) is 8.09. The van der Waals surface area contributed by atoms with Crippen molar-refractivity contribution in [3.8, 4) is 6.07 Å². The third-order valence-electron chi connectivity index (χ3n) is 5.80. The molecule has 7 nitrogen and oxygen atoms in total. The Morgan fingerprint density at radius 1 is 1.39 bits per heavy atom. The fourth-order valence-electron chi connectivity index (χ4n) is 4.17. The van der Waals surface area contributed by atoms with Crippen LogP contribution in [0, 0.1) is 24.2 Å². The molecule has 1 aromatic heterocycles. The number of thiocarbonyl (C=S) groups is 1. The molecule has 31 heavy (non-hydrogen) atoms. The first-order chi connectivity index (χ1) is 14.8. The number of anilines is 1. The Balaban J connectivity index is 2.09. The van der Waals surface area contributed by atoms with Gasteiger partial charge in [-0.3, -0.25) is 19.1 Å². The molecule has 0 saturated carbocycles. The van der Waals surface area contributed by atoms with Gasteiger partial charge in [-0.2, -0.15) is 5.26 Å². The molecular formula is C22H28N4O3S2. The molecule has 2 saturated heterocycles. The highest BCUT2D eigenvalue weighted by Gasteiger charge is 2.33. The quantitative estimate of drug-likeness (QED) is 0.367. The maximum atomic E-state index is 13.0. The Morgan fingerprint density at radius 3 is 2.77 bits per heavy atom. The number of piperidine rings is 1. The van der Waals surface area contributed by atoms with Crippen molar-refractivity contribution in [3.63, 3.8) is 0 Å². The standard InChI is InChI=1S/C22H28N4O3S2/c1-14-7-5-8-25(13-14)19-16(15(2)17(12-23)20(27)24(19)3)11-18-21(28)26(22(30)31-18)9-6-10-29-4/h11,14H,5-10,13H2,1-4H3/b18-11-. The normalized spacial score (nSPS) is 20.6. The van der Waals surface area contributed by atoms with Gasteiger partial charge in [-0.15, -0.1) is 0 Å². The van der Waals surface area contributed by atoms with Crippen molar-refractivity contribution in [3.05, 3.63) is 31.9 Å². The van der Waals surface area contributed by atoms with Crippen molar-refractivity contribution in [2.45, 2.75) is 33.1 Å². The number of hydrogen-bond donors (Lipinski definition) is 0. The lowest BCUT2D eigenvalue weighted by molar-refractivity contribution is -0.122. The Kier molecular flexibility index (Phi) is 7.57. The minimum absolute atomic E-state index is 0.109. The number of carbonyl (C=O) groups excluding carboxylic acids is 1. The largest absolute Gasteiger partial charge is 0.385 e. The molecule has 166 valence electrons. The monoisotopic (exact) mass is 460 g/mol. The lowest BCUT2D eigenvalue weighted by Crippen LogP contribution is -2.39. The molecule has 1 atom stereocenters. The molecule has 0 N–H and O–H groups in total. The maximum Gasteiger partial charge on any atom is 0.270 e. The van der Waals surface area contributed by atoms with E-state index in [2.05, 4.69) is 11.8 Å². The smallest absolute Gasteiger partial charge is 0.270 e. The molecule has 0 bridgehead atoms. The van der Waals surface area contributed by atoms with E-state index in [4.69, 9.17) is 17.0 Å². The molecule has 0 aliphatic carbocycles. The number of ether oxygens (including phenoxy) is 1. The second kappa shape index (κ2) is 9.98. The van der Waals surface area contributed by atoms with Crippen LogP contribution in [-0.2, 0) is 16.6 Å². The molecule has 1 aromatic rings. The number of thioether (sulfide) groups is 1. The third kappa shape index (κ3) is 4.71. The molecule has 2 aliphatic heterocycles. The summed E-state index contributed by atoms with van der Waals surface area (Å²) in [6.45, 7) is 6.70. The summed E-state index contributed by atoms with van der Waals surface area (Å²) in [6.07, 6.45) is 4.69. The lowest BCUT2D eigenvalue weighted by Gasteiger charge is -2.35. The average Bonchev–Trinajstić information content (AvgIpc) is 3.00. The van der Waals surface area contributed by atoms with Gasteiger partial charge >= 0.3 is 0 Å². The van der Waals surface area contributed by atoms with Gasteiger partial charge in [0.05, 0.1) is 4.91 Å². The summed E-state index contributed by atoms with van der Waals surface area (Å²) in [5, 5.41) is 9.60. The Morgan fingerprint density at radius 2 is 2.13 bits per heavy atom. The third-order valence-corrected chi connectivity index (χ3v) is 7.18. The van der Waals surface area contributed by atoms with Crippen LogP contribution in [0.1, 0.15) is 42.9 Å². The van der Waals surface area contributed by atoms with Crippen molar-refractivity contribution in [1.82, 2.24) is 9.47 Å². The summed E-state index contributed by atoms with van der Waals surface area (Å²) in [5.41, 5.74) is 1.14. The van der Waals surface area contributed by atoms with Gasteiger partial charge in [0.15, 0.2) is 0 Å². The average molecular weight is 461 g/mol. The van der Waals surface area contributed by atoms with Gasteiger partial charge in [0.1, 0.15) is 21.8 Å². The Bertz CT molecular complexity index is 1030. The molecule has 2 aliphatic rings. The van der Waals surface area contributed by atoms with E-state index < -0.39 is 0 Å². The van der Waals surface area contributed by atoms with Gasteiger partial charge in [0.2, 0.25) is 0 Å². The van der Waals surface area contributed by atoms with E-state index in [0.29, 0.717) is 40.3 Å². The number of carbonyl (C=O) groups is 1. The fourth-order valence-corrected chi connectivity index (χ4v) is 5.46. The summed E-state index contributed by atoms with van der Waals surface area (Å²) < 4.78 is 7.15. The maximum absolute atomic E-state index is 13.0. The van der Waals surface area contributed by atoms with Crippen molar-refractivity contribution in [2.75, 3.05) is 38.3 Å². The van der Waals surface area contributed by atoms with E-state index in [0.717, 1.165) is 37.3 Å². The van der Waals surface area contributed by atoms with Crippen LogP contribution >= 0.6 is 24.0 Å². The summed E-state index contributed by atoms with van der Waals surface area (Å²) in [7, 11) is 3.33. The Labute approximate surface area is 192 Å². The van der Waals surface area contributed by atoms with Crippen LogP contribution in [0.3, 0.4) is 0 Å². The van der Waals surface area contributed by atoms with Crippen molar-refractivity contribution in [2.24, 2.45) is 13.0 Å². The molecule has 3 heterocycles. The number of nitrogens with zero attached hydrogens (tertiary/aromatic N) is 4. The number of aromatic nitrogens is 1. The Hall–Kier alpha value is -2.15. The zero-order chi connectivity index (χ0) is 22.7. The highest BCUT2D eigenvalue weighted by molar-refractivity contribution is 8.26. The van der Waals surface area contributed by atoms with Crippen LogP contribution in [0.5, 0.6) is 0 Å². The molecule has 1 amide bonds. The molecule has 0 spiro atoms. The molecule has 0 radical (unpaired) electrons. The topological polar surface area (TPSA) is 78.6 Å². The lowest BCUT2D eigenvalue weighted by atomic mass is 9.98. The zero-order valence-electron chi connectivity index (χ0n) is 18.4. The SMILES string of the molecule is COCCCN1C(=O)/C(=C/c2c(C)c(C#N)c(=O)n(C)c2N2CCCC(C)C2)SC1=S.